The Morgan fingerprint density at radius 2 is 1.95 bits per heavy atom. The molecule has 1 N–H and O–H groups in total. The molecule has 1 aliphatic heterocycles. The molecule has 1 unspecified atom stereocenters. The second-order valence-electron chi connectivity index (χ2n) is 5.32. The number of rotatable bonds is 4. The van der Waals surface area contributed by atoms with Crippen molar-refractivity contribution in [2.24, 2.45) is 0 Å². The molecule has 0 spiro atoms. The van der Waals surface area contributed by atoms with Crippen molar-refractivity contribution >= 4 is 0 Å². The third-order valence-electron chi connectivity index (χ3n) is 3.74. The second kappa shape index (κ2) is 5.77. The number of aromatic nitrogens is 1. The van der Waals surface area contributed by atoms with E-state index in [4.69, 9.17) is 14.0 Å². The van der Waals surface area contributed by atoms with E-state index in [2.05, 4.69) is 23.5 Å². The first-order valence-corrected chi connectivity index (χ1v) is 7.20. The molecule has 5 heteroatoms. The summed E-state index contributed by atoms with van der Waals surface area (Å²) >= 11 is 0. The summed E-state index contributed by atoms with van der Waals surface area (Å²) in [5, 5.41) is 7.49. The van der Waals surface area contributed by atoms with Gasteiger partial charge in [-0.1, -0.05) is 11.2 Å². The Morgan fingerprint density at radius 1 is 1.19 bits per heavy atom. The molecule has 2 heterocycles. The van der Waals surface area contributed by atoms with Crippen molar-refractivity contribution in [3.8, 4) is 11.5 Å². The average molecular weight is 288 g/mol. The molecule has 0 amide bonds. The van der Waals surface area contributed by atoms with E-state index in [0.29, 0.717) is 13.2 Å². The van der Waals surface area contributed by atoms with E-state index in [1.807, 2.05) is 26.0 Å². The lowest BCUT2D eigenvalue weighted by Crippen LogP contribution is -2.20. The minimum absolute atomic E-state index is 0.185. The van der Waals surface area contributed by atoms with Crippen LogP contribution < -0.4 is 14.8 Å². The number of hydrogen-bond donors (Lipinski definition) is 1. The number of nitrogens with one attached hydrogen (secondary N) is 1. The monoisotopic (exact) mass is 288 g/mol. The average Bonchev–Trinajstić information content (AvgIpc) is 2.84. The molecule has 0 saturated heterocycles. The highest BCUT2D eigenvalue weighted by Crippen LogP contribution is 2.31. The Labute approximate surface area is 124 Å². The summed E-state index contributed by atoms with van der Waals surface area (Å²) < 4.78 is 16.3. The fourth-order valence-corrected chi connectivity index (χ4v) is 2.68. The van der Waals surface area contributed by atoms with Gasteiger partial charge in [0.25, 0.3) is 0 Å². The summed E-state index contributed by atoms with van der Waals surface area (Å²) in [7, 11) is 0. The summed E-state index contributed by atoms with van der Waals surface area (Å²) in [6, 6.07) is 6.23. The van der Waals surface area contributed by atoms with Gasteiger partial charge in [-0.15, -0.1) is 0 Å². The molecule has 0 bridgehead atoms. The number of benzene rings is 1. The van der Waals surface area contributed by atoms with Gasteiger partial charge >= 0.3 is 0 Å². The van der Waals surface area contributed by atoms with E-state index in [9.17, 15) is 0 Å². The maximum atomic E-state index is 5.60. The lowest BCUT2D eigenvalue weighted by atomic mass is 10.1. The van der Waals surface area contributed by atoms with E-state index < -0.39 is 0 Å². The summed E-state index contributed by atoms with van der Waals surface area (Å²) in [6.45, 7) is 8.01. The maximum Gasteiger partial charge on any atom is 0.161 e. The molecule has 1 aromatic carbocycles. The van der Waals surface area contributed by atoms with E-state index in [1.165, 1.54) is 0 Å². The summed E-state index contributed by atoms with van der Waals surface area (Å²) in [6.07, 6.45) is 0. The summed E-state index contributed by atoms with van der Waals surface area (Å²) in [5.74, 6) is 2.52. The van der Waals surface area contributed by atoms with Crippen LogP contribution in [0.3, 0.4) is 0 Å². The van der Waals surface area contributed by atoms with Crippen molar-refractivity contribution in [1.82, 2.24) is 10.5 Å². The van der Waals surface area contributed by atoms with Crippen LogP contribution in [0.5, 0.6) is 11.5 Å². The van der Waals surface area contributed by atoms with Gasteiger partial charge in [0.15, 0.2) is 11.5 Å². The zero-order valence-electron chi connectivity index (χ0n) is 12.6. The van der Waals surface area contributed by atoms with E-state index in [1.54, 1.807) is 0 Å². The molecule has 1 aliphatic rings. The lowest BCUT2D eigenvalue weighted by molar-refractivity contribution is 0.171. The highest BCUT2D eigenvalue weighted by molar-refractivity contribution is 5.43. The first-order chi connectivity index (χ1) is 10.1. The number of nitrogens with zero attached hydrogens (tertiary/aromatic N) is 1. The zero-order chi connectivity index (χ0) is 14.8. The van der Waals surface area contributed by atoms with Crippen LogP contribution >= 0.6 is 0 Å². The normalized spacial score (nSPS) is 15.0. The zero-order valence-corrected chi connectivity index (χ0v) is 12.6. The van der Waals surface area contributed by atoms with Crippen LogP contribution in [0.15, 0.2) is 22.7 Å². The lowest BCUT2D eigenvalue weighted by Gasteiger charge is -2.19. The van der Waals surface area contributed by atoms with Gasteiger partial charge in [-0.05, 0) is 38.5 Å². The Bertz CT molecular complexity index is 617. The molecule has 112 valence electrons. The summed E-state index contributed by atoms with van der Waals surface area (Å²) in [4.78, 5) is 0. The molecular formula is C16H20N2O3. The van der Waals surface area contributed by atoms with E-state index in [0.717, 1.165) is 40.6 Å². The van der Waals surface area contributed by atoms with Crippen LogP contribution in [0.25, 0.3) is 0 Å². The van der Waals surface area contributed by atoms with Crippen molar-refractivity contribution in [2.75, 3.05) is 13.2 Å². The van der Waals surface area contributed by atoms with Gasteiger partial charge < -0.3 is 19.3 Å². The Morgan fingerprint density at radius 3 is 2.67 bits per heavy atom. The van der Waals surface area contributed by atoms with Crippen molar-refractivity contribution in [3.63, 3.8) is 0 Å². The molecule has 2 aromatic rings. The smallest absolute Gasteiger partial charge is 0.161 e. The summed E-state index contributed by atoms with van der Waals surface area (Å²) in [5.41, 5.74) is 3.24. The second-order valence-corrected chi connectivity index (χ2v) is 5.32. The quantitative estimate of drug-likeness (QED) is 0.937. The molecule has 0 fully saturated rings. The molecule has 1 aromatic heterocycles. The van der Waals surface area contributed by atoms with Crippen LogP contribution in [0.2, 0.25) is 0 Å². The molecule has 21 heavy (non-hydrogen) atoms. The van der Waals surface area contributed by atoms with Gasteiger partial charge in [-0.3, -0.25) is 0 Å². The minimum atomic E-state index is 0.185. The first-order valence-electron chi connectivity index (χ1n) is 7.20. The van der Waals surface area contributed by atoms with Crippen LogP contribution in [-0.2, 0) is 6.54 Å². The first kappa shape index (κ1) is 13.9. The SMILES string of the molecule is Cc1noc(C)c1C(C)NCc1ccc2c(c1)OCCO2. The maximum absolute atomic E-state index is 5.60. The van der Waals surface area contributed by atoms with Crippen LogP contribution in [0.4, 0.5) is 0 Å². The standard InChI is InChI=1S/C16H20N2O3/c1-10(16-11(2)18-21-12(16)3)17-9-13-4-5-14-15(8-13)20-7-6-19-14/h4-5,8,10,17H,6-7,9H2,1-3H3. The van der Waals surface area contributed by atoms with Crippen molar-refractivity contribution < 1.29 is 14.0 Å². The molecular weight excluding hydrogens is 268 g/mol. The number of fused-ring (bicyclic) bond motifs is 1. The van der Waals surface area contributed by atoms with Gasteiger partial charge in [0.1, 0.15) is 19.0 Å². The minimum Gasteiger partial charge on any atom is -0.486 e. The van der Waals surface area contributed by atoms with Crippen molar-refractivity contribution in [3.05, 3.63) is 40.8 Å². The molecule has 3 rings (SSSR count). The van der Waals surface area contributed by atoms with Crippen LogP contribution in [0.1, 0.15) is 35.5 Å². The van der Waals surface area contributed by atoms with Gasteiger partial charge in [0.05, 0.1) is 5.69 Å². The van der Waals surface area contributed by atoms with Crippen LogP contribution in [-0.4, -0.2) is 18.4 Å². The molecule has 5 nitrogen and oxygen atoms in total. The van der Waals surface area contributed by atoms with Gasteiger partial charge in [-0.25, -0.2) is 0 Å². The van der Waals surface area contributed by atoms with Crippen molar-refractivity contribution in [1.29, 1.82) is 0 Å². The predicted octanol–water partition coefficient (Wildman–Crippen LogP) is 2.91. The highest BCUT2D eigenvalue weighted by Gasteiger charge is 2.16. The van der Waals surface area contributed by atoms with E-state index >= 15 is 0 Å². The predicted molar refractivity (Wildman–Crippen MR) is 78.7 cm³/mol. The Kier molecular flexibility index (Phi) is 3.84. The Balaban J connectivity index is 1.67. The van der Waals surface area contributed by atoms with Crippen molar-refractivity contribution in [2.45, 2.75) is 33.4 Å². The van der Waals surface area contributed by atoms with Gasteiger partial charge in [0, 0.05) is 18.2 Å². The van der Waals surface area contributed by atoms with Crippen LogP contribution in [0, 0.1) is 13.8 Å². The van der Waals surface area contributed by atoms with E-state index in [-0.39, 0.29) is 6.04 Å². The van der Waals surface area contributed by atoms with Gasteiger partial charge in [-0.2, -0.15) is 0 Å². The topological polar surface area (TPSA) is 56.5 Å². The van der Waals surface area contributed by atoms with Gasteiger partial charge in [0.2, 0.25) is 0 Å². The molecule has 0 radical (unpaired) electrons. The number of aryl methyl sites for hydroxylation is 2. The fraction of sp³-hybridized carbons (Fsp3) is 0.438. The largest absolute Gasteiger partial charge is 0.486 e. The highest BCUT2D eigenvalue weighted by atomic mass is 16.6. The Hall–Kier alpha value is -2.01. The molecule has 0 aliphatic carbocycles. The number of hydrogen-bond acceptors (Lipinski definition) is 5. The third kappa shape index (κ3) is 2.88. The molecule has 1 atom stereocenters. The fourth-order valence-electron chi connectivity index (χ4n) is 2.68. The third-order valence-corrected chi connectivity index (χ3v) is 3.74. The molecule has 0 saturated carbocycles. The number of ether oxygens (including phenoxy) is 2.